The van der Waals surface area contributed by atoms with E-state index in [0.717, 1.165) is 17.4 Å². The number of benzene rings is 1. The number of aromatic nitrogens is 2. The second-order valence-corrected chi connectivity index (χ2v) is 7.25. The number of halogens is 2. The van der Waals surface area contributed by atoms with Gasteiger partial charge >= 0.3 is 5.97 Å². The Morgan fingerprint density at radius 3 is 2.79 bits per heavy atom. The normalized spacial score (nSPS) is 11.0. The molecule has 3 aromatic rings. The number of carbonyl (C=O) groups is 2. The first-order valence-corrected chi connectivity index (χ1v) is 9.56. The maximum absolute atomic E-state index is 13.2. The summed E-state index contributed by atoms with van der Waals surface area (Å²) in [7, 11) is 0. The van der Waals surface area contributed by atoms with E-state index in [-0.39, 0.29) is 28.2 Å². The van der Waals surface area contributed by atoms with E-state index in [0.29, 0.717) is 23.5 Å². The summed E-state index contributed by atoms with van der Waals surface area (Å²) in [4.78, 5) is 41.4. The number of aryl methyl sites for hydroxylation is 1. The lowest BCUT2D eigenvalue weighted by Crippen LogP contribution is -2.31. The molecule has 0 bridgehead atoms. The van der Waals surface area contributed by atoms with Crippen molar-refractivity contribution in [3.8, 4) is 0 Å². The van der Waals surface area contributed by atoms with Gasteiger partial charge in [0.1, 0.15) is 23.0 Å². The number of thiophene rings is 1. The number of carboxylic acids is 1. The van der Waals surface area contributed by atoms with Crippen molar-refractivity contribution < 1.29 is 19.1 Å². The second-order valence-electron chi connectivity index (χ2n) is 5.98. The van der Waals surface area contributed by atoms with Crippen LogP contribution in [0.4, 0.5) is 10.1 Å². The maximum atomic E-state index is 13.2. The SMILES string of the molecule is CCCc1nc2scc(C(=O)O)c2c(=O)n1CC(=O)Nc1ccc(F)c(Cl)c1. The Kier molecular flexibility index (Phi) is 5.76. The van der Waals surface area contributed by atoms with Crippen LogP contribution in [0.3, 0.4) is 0 Å². The van der Waals surface area contributed by atoms with Gasteiger partial charge in [0.05, 0.1) is 16.0 Å². The van der Waals surface area contributed by atoms with Gasteiger partial charge in [0, 0.05) is 17.5 Å². The minimum Gasteiger partial charge on any atom is -0.478 e. The summed E-state index contributed by atoms with van der Waals surface area (Å²) in [5, 5.41) is 13.0. The zero-order chi connectivity index (χ0) is 20.4. The summed E-state index contributed by atoms with van der Waals surface area (Å²) < 4.78 is 14.4. The Labute approximate surface area is 167 Å². The van der Waals surface area contributed by atoms with Crippen LogP contribution in [0.2, 0.25) is 5.02 Å². The first kappa shape index (κ1) is 20.0. The van der Waals surface area contributed by atoms with E-state index in [2.05, 4.69) is 10.3 Å². The Balaban J connectivity index is 1.99. The van der Waals surface area contributed by atoms with Crippen molar-refractivity contribution in [2.45, 2.75) is 26.3 Å². The van der Waals surface area contributed by atoms with Crippen LogP contribution in [-0.4, -0.2) is 26.5 Å². The highest BCUT2D eigenvalue weighted by Crippen LogP contribution is 2.22. The van der Waals surface area contributed by atoms with Crippen molar-refractivity contribution in [3.63, 3.8) is 0 Å². The van der Waals surface area contributed by atoms with E-state index in [1.165, 1.54) is 22.1 Å². The Bertz CT molecular complexity index is 1140. The second kappa shape index (κ2) is 8.07. The molecule has 0 spiro atoms. The predicted octanol–water partition coefficient (Wildman–Crippen LogP) is 3.54. The van der Waals surface area contributed by atoms with Crippen LogP contribution in [0.25, 0.3) is 10.2 Å². The number of hydrogen-bond donors (Lipinski definition) is 2. The largest absolute Gasteiger partial charge is 0.478 e. The molecule has 0 radical (unpaired) electrons. The summed E-state index contributed by atoms with van der Waals surface area (Å²) in [6.45, 7) is 1.54. The summed E-state index contributed by atoms with van der Waals surface area (Å²) >= 11 is 6.78. The molecule has 1 amide bonds. The molecule has 2 heterocycles. The molecular weight excluding hydrogens is 409 g/mol. The summed E-state index contributed by atoms with van der Waals surface area (Å²) in [5.74, 6) is -2.00. The lowest BCUT2D eigenvalue weighted by molar-refractivity contribution is -0.116. The van der Waals surface area contributed by atoms with Crippen LogP contribution < -0.4 is 10.9 Å². The van der Waals surface area contributed by atoms with Gasteiger partial charge in [0.2, 0.25) is 5.91 Å². The fraction of sp³-hybridized carbons (Fsp3) is 0.222. The molecule has 0 aliphatic carbocycles. The van der Waals surface area contributed by atoms with Crippen molar-refractivity contribution in [2.24, 2.45) is 0 Å². The molecule has 0 aliphatic rings. The highest BCUT2D eigenvalue weighted by atomic mass is 35.5. The van der Waals surface area contributed by atoms with Gasteiger partial charge in [-0.15, -0.1) is 11.3 Å². The molecule has 2 aromatic heterocycles. The molecule has 0 aliphatic heterocycles. The predicted molar refractivity (Wildman–Crippen MR) is 105 cm³/mol. The molecule has 0 fully saturated rings. The minimum atomic E-state index is -1.23. The van der Waals surface area contributed by atoms with E-state index in [9.17, 15) is 23.9 Å². The third kappa shape index (κ3) is 3.90. The molecular formula is C18H15ClFN3O4S. The van der Waals surface area contributed by atoms with Crippen molar-refractivity contribution >= 4 is 50.7 Å². The first-order valence-electron chi connectivity index (χ1n) is 8.31. The van der Waals surface area contributed by atoms with Gasteiger partial charge in [-0.25, -0.2) is 14.2 Å². The van der Waals surface area contributed by atoms with Crippen LogP contribution >= 0.6 is 22.9 Å². The van der Waals surface area contributed by atoms with Crippen LogP contribution in [-0.2, 0) is 17.8 Å². The Morgan fingerprint density at radius 1 is 1.39 bits per heavy atom. The smallest absolute Gasteiger partial charge is 0.337 e. The number of anilines is 1. The molecule has 3 rings (SSSR count). The lowest BCUT2D eigenvalue weighted by Gasteiger charge is -2.12. The molecule has 0 saturated heterocycles. The van der Waals surface area contributed by atoms with Crippen molar-refractivity contribution in [2.75, 3.05) is 5.32 Å². The molecule has 2 N–H and O–H groups in total. The maximum Gasteiger partial charge on any atom is 0.337 e. The van der Waals surface area contributed by atoms with Crippen LogP contribution in [0, 0.1) is 5.82 Å². The van der Waals surface area contributed by atoms with E-state index in [4.69, 9.17) is 11.6 Å². The summed E-state index contributed by atoms with van der Waals surface area (Å²) in [6, 6.07) is 3.72. The number of amides is 1. The summed E-state index contributed by atoms with van der Waals surface area (Å²) in [6.07, 6.45) is 1.13. The van der Waals surface area contributed by atoms with Crippen molar-refractivity contribution in [3.05, 3.63) is 56.2 Å². The molecule has 10 heteroatoms. The van der Waals surface area contributed by atoms with E-state index >= 15 is 0 Å². The van der Waals surface area contributed by atoms with E-state index in [1.807, 2.05) is 6.92 Å². The molecule has 7 nitrogen and oxygen atoms in total. The monoisotopic (exact) mass is 423 g/mol. The number of carboxylic acid groups (broad SMARTS) is 1. The van der Waals surface area contributed by atoms with E-state index in [1.54, 1.807) is 0 Å². The van der Waals surface area contributed by atoms with Gasteiger partial charge in [-0.1, -0.05) is 18.5 Å². The average Bonchev–Trinajstić information content (AvgIpc) is 3.06. The van der Waals surface area contributed by atoms with Crippen molar-refractivity contribution in [1.29, 1.82) is 0 Å². The topological polar surface area (TPSA) is 101 Å². The zero-order valence-electron chi connectivity index (χ0n) is 14.7. The molecule has 1 aromatic carbocycles. The number of hydrogen-bond acceptors (Lipinski definition) is 5. The Morgan fingerprint density at radius 2 is 2.14 bits per heavy atom. The number of nitrogens with zero attached hydrogens (tertiary/aromatic N) is 2. The number of nitrogens with one attached hydrogen (secondary N) is 1. The fourth-order valence-electron chi connectivity index (χ4n) is 2.72. The standard InChI is InChI=1S/C18H15ClFN3O4S/c1-2-3-13-22-16-15(10(8-28-16)18(26)27)17(25)23(13)7-14(24)21-9-4-5-12(20)11(19)6-9/h4-6,8H,2-3,7H2,1H3,(H,21,24)(H,26,27). The van der Waals surface area contributed by atoms with Gasteiger partial charge in [-0.2, -0.15) is 0 Å². The molecule has 0 atom stereocenters. The number of fused-ring (bicyclic) bond motifs is 1. The minimum absolute atomic E-state index is 0.0185. The van der Waals surface area contributed by atoms with Gasteiger partial charge in [-0.3, -0.25) is 14.2 Å². The fourth-order valence-corrected chi connectivity index (χ4v) is 3.82. The highest BCUT2D eigenvalue weighted by molar-refractivity contribution is 7.17. The van der Waals surface area contributed by atoms with Crippen LogP contribution in [0.5, 0.6) is 0 Å². The third-order valence-corrected chi connectivity index (χ3v) is 5.14. The van der Waals surface area contributed by atoms with Crippen molar-refractivity contribution in [1.82, 2.24) is 9.55 Å². The molecule has 0 saturated carbocycles. The molecule has 0 unspecified atom stereocenters. The van der Waals surface area contributed by atoms with Gasteiger partial charge in [0.25, 0.3) is 5.56 Å². The molecule has 146 valence electrons. The van der Waals surface area contributed by atoms with Gasteiger partial charge in [0.15, 0.2) is 0 Å². The van der Waals surface area contributed by atoms with Crippen LogP contribution in [0.1, 0.15) is 29.5 Å². The number of aromatic carboxylic acids is 1. The first-order chi connectivity index (χ1) is 13.3. The number of carbonyl (C=O) groups excluding carboxylic acids is 1. The zero-order valence-corrected chi connectivity index (χ0v) is 16.2. The number of rotatable bonds is 6. The van der Waals surface area contributed by atoms with Gasteiger partial charge < -0.3 is 10.4 Å². The van der Waals surface area contributed by atoms with Gasteiger partial charge in [-0.05, 0) is 24.6 Å². The average molecular weight is 424 g/mol. The lowest BCUT2D eigenvalue weighted by atomic mass is 10.2. The third-order valence-electron chi connectivity index (χ3n) is 3.98. The molecule has 28 heavy (non-hydrogen) atoms. The highest BCUT2D eigenvalue weighted by Gasteiger charge is 2.20. The van der Waals surface area contributed by atoms with Crippen LogP contribution in [0.15, 0.2) is 28.4 Å². The quantitative estimate of drug-likeness (QED) is 0.631. The summed E-state index contributed by atoms with van der Waals surface area (Å²) in [5.41, 5.74) is -0.448. The van der Waals surface area contributed by atoms with E-state index < -0.39 is 23.3 Å². The Hall–Kier alpha value is -2.78.